The first-order valence-corrected chi connectivity index (χ1v) is 7.07. The van der Waals surface area contributed by atoms with E-state index in [0.717, 1.165) is 0 Å². The molecule has 130 valence electrons. The Morgan fingerprint density at radius 3 is 2.30 bits per heavy atom. The first-order chi connectivity index (χ1) is 10.6. The van der Waals surface area contributed by atoms with Crippen molar-refractivity contribution < 1.29 is 24.1 Å². The van der Waals surface area contributed by atoms with E-state index in [1.165, 1.54) is 21.3 Å². The van der Waals surface area contributed by atoms with Gasteiger partial charge in [-0.2, -0.15) is 0 Å². The number of ether oxygens (including phenoxy) is 3. The van der Waals surface area contributed by atoms with Crippen LogP contribution in [0.15, 0.2) is 12.1 Å². The van der Waals surface area contributed by atoms with E-state index in [1.54, 1.807) is 12.1 Å². The molecule has 2 unspecified atom stereocenters. The van der Waals surface area contributed by atoms with Gasteiger partial charge in [-0.3, -0.25) is 4.79 Å². The first-order valence-electron chi connectivity index (χ1n) is 7.07. The van der Waals surface area contributed by atoms with Crippen LogP contribution in [0.2, 0.25) is 0 Å². The highest BCUT2D eigenvalue weighted by molar-refractivity contribution is 5.97. The van der Waals surface area contributed by atoms with Crippen LogP contribution in [0.4, 0.5) is 0 Å². The Labute approximate surface area is 141 Å². The maximum Gasteiger partial charge on any atom is 0.255 e. The summed E-state index contributed by atoms with van der Waals surface area (Å²) in [5.41, 5.74) is 0.362. The molecule has 0 bridgehead atoms. The second-order valence-electron chi connectivity index (χ2n) is 5.10. The molecule has 1 amide bonds. The van der Waals surface area contributed by atoms with E-state index < -0.39 is 6.10 Å². The summed E-state index contributed by atoms with van der Waals surface area (Å²) >= 11 is 0. The van der Waals surface area contributed by atoms with E-state index in [9.17, 15) is 9.90 Å². The zero-order valence-corrected chi connectivity index (χ0v) is 14.2. The van der Waals surface area contributed by atoms with Gasteiger partial charge in [0.15, 0.2) is 11.5 Å². The SMILES string of the molecule is COc1cc(OC)c(C(=O)NCC2CNCC2O)cc1OC.Cl. The van der Waals surface area contributed by atoms with E-state index in [-0.39, 0.29) is 24.2 Å². The molecule has 0 aromatic heterocycles. The van der Waals surface area contributed by atoms with Gasteiger partial charge in [-0.15, -0.1) is 12.4 Å². The highest BCUT2D eigenvalue weighted by Gasteiger charge is 2.26. The number of amides is 1. The Kier molecular flexibility index (Phi) is 7.41. The lowest BCUT2D eigenvalue weighted by atomic mass is 10.1. The molecule has 1 fully saturated rings. The van der Waals surface area contributed by atoms with Crippen molar-refractivity contribution in [2.45, 2.75) is 6.10 Å². The molecule has 0 aliphatic carbocycles. The summed E-state index contributed by atoms with van der Waals surface area (Å²) in [6.07, 6.45) is -0.437. The van der Waals surface area contributed by atoms with Gasteiger partial charge >= 0.3 is 0 Å². The van der Waals surface area contributed by atoms with Gasteiger partial charge in [0.25, 0.3) is 5.91 Å². The van der Waals surface area contributed by atoms with E-state index in [0.29, 0.717) is 42.4 Å². The van der Waals surface area contributed by atoms with Gasteiger partial charge in [0.2, 0.25) is 0 Å². The van der Waals surface area contributed by atoms with Gasteiger partial charge < -0.3 is 30.0 Å². The fourth-order valence-corrected chi connectivity index (χ4v) is 2.45. The zero-order valence-electron chi connectivity index (χ0n) is 13.4. The molecular formula is C15H23ClN2O5. The largest absolute Gasteiger partial charge is 0.496 e. The van der Waals surface area contributed by atoms with Crippen LogP contribution in [0.5, 0.6) is 17.2 Å². The van der Waals surface area contributed by atoms with Gasteiger partial charge in [0, 0.05) is 37.7 Å². The maximum absolute atomic E-state index is 12.4. The number of hydrogen-bond donors (Lipinski definition) is 3. The van der Waals surface area contributed by atoms with Gasteiger partial charge in [0.1, 0.15) is 5.75 Å². The Morgan fingerprint density at radius 2 is 1.78 bits per heavy atom. The van der Waals surface area contributed by atoms with Crippen molar-refractivity contribution in [2.75, 3.05) is 41.0 Å². The standard InChI is InChI=1S/C15H22N2O5.ClH/c1-20-12-5-14(22-3)13(21-2)4-10(12)15(19)17-7-9-6-16-8-11(9)18;/h4-5,9,11,16,18H,6-8H2,1-3H3,(H,17,19);1H. The van der Waals surface area contributed by atoms with Gasteiger partial charge in [0.05, 0.1) is 33.0 Å². The summed E-state index contributed by atoms with van der Waals surface area (Å²) in [5.74, 6) is 1.08. The number of aliphatic hydroxyl groups is 1. The van der Waals surface area contributed by atoms with Gasteiger partial charge in [-0.05, 0) is 0 Å². The number of carbonyl (C=O) groups excluding carboxylic acids is 1. The molecule has 2 atom stereocenters. The lowest BCUT2D eigenvalue weighted by molar-refractivity contribution is 0.0923. The molecular weight excluding hydrogens is 324 g/mol. The number of β-amino-alcohol motifs (C(OH)–C–C–N with tert-alkyl or cyclic N) is 1. The number of halogens is 1. The summed E-state index contributed by atoms with van der Waals surface area (Å²) in [7, 11) is 4.51. The second kappa shape index (κ2) is 8.81. The van der Waals surface area contributed by atoms with Crippen LogP contribution < -0.4 is 24.8 Å². The fraction of sp³-hybridized carbons (Fsp3) is 0.533. The Balaban J connectivity index is 0.00000264. The third-order valence-electron chi connectivity index (χ3n) is 3.78. The van der Waals surface area contributed by atoms with Crippen molar-refractivity contribution in [3.63, 3.8) is 0 Å². The summed E-state index contributed by atoms with van der Waals surface area (Å²) in [6.45, 7) is 1.63. The molecule has 1 aromatic carbocycles. The number of benzene rings is 1. The van der Waals surface area contributed by atoms with E-state index in [1.807, 2.05) is 0 Å². The summed E-state index contributed by atoms with van der Waals surface area (Å²) in [6, 6.07) is 3.19. The van der Waals surface area contributed by atoms with Crippen molar-refractivity contribution in [1.29, 1.82) is 0 Å². The number of rotatable bonds is 6. The smallest absolute Gasteiger partial charge is 0.255 e. The van der Waals surface area contributed by atoms with Crippen molar-refractivity contribution >= 4 is 18.3 Å². The van der Waals surface area contributed by atoms with Crippen LogP contribution in [0.1, 0.15) is 10.4 Å². The third-order valence-corrected chi connectivity index (χ3v) is 3.78. The number of hydrogen-bond acceptors (Lipinski definition) is 6. The van der Waals surface area contributed by atoms with Crippen molar-refractivity contribution in [1.82, 2.24) is 10.6 Å². The van der Waals surface area contributed by atoms with Crippen molar-refractivity contribution in [3.8, 4) is 17.2 Å². The number of methoxy groups -OCH3 is 3. The Bertz CT molecular complexity index is 541. The number of carbonyl (C=O) groups is 1. The minimum Gasteiger partial charge on any atom is -0.496 e. The molecule has 7 nitrogen and oxygen atoms in total. The Hall–Kier alpha value is -1.70. The maximum atomic E-state index is 12.4. The molecule has 3 N–H and O–H groups in total. The molecule has 0 spiro atoms. The second-order valence-corrected chi connectivity index (χ2v) is 5.10. The first kappa shape index (κ1) is 19.3. The molecule has 1 heterocycles. The lowest BCUT2D eigenvalue weighted by Gasteiger charge is -2.16. The monoisotopic (exact) mass is 346 g/mol. The third kappa shape index (κ3) is 4.40. The lowest BCUT2D eigenvalue weighted by Crippen LogP contribution is -2.34. The highest BCUT2D eigenvalue weighted by atomic mass is 35.5. The minimum atomic E-state index is -0.437. The van der Waals surface area contributed by atoms with Gasteiger partial charge in [-0.25, -0.2) is 0 Å². The molecule has 1 aliphatic heterocycles. The predicted molar refractivity (Wildman–Crippen MR) is 88.0 cm³/mol. The van der Waals surface area contributed by atoms with E-state index in [2.05, 4.69) is 10.6 Å². The topological polar surface area (TPSA) is 89.1 Å². The molecule has 1 saturated heterocycles. The van der Waals surface area contributed by atoms with E-state index in [4.69, 9.17) is 14.2 Å². The summed E-state index contributed by atoms with van der Waals surface area (Å²) in [5, 5.41) is 15.6. The summed E-state index contributed by atoms with van der Waals surface area (Å²) in [4.78, 5) is 12.4. The molecule has 8 heteroatoms. The van der Waals surface area contributed by atoms with Crippen LogP contribution in [0.3, 0.4) is 0 Å². The number of aliphatic hydroxyl groups excluding tert-OH is 1. The molecule has 1 aliphatic rings. The molecule has 0 saturated carbocycles. The Morgan fingerprint density at radius 1 is 1.17 bits per heavy atom. The fourth-order valence-electron chi connectivity index (χ4n) is 2.45. The average molecular weight is 347 g/mol. The van der Waals surface area contributed by atoms with Crippen LogP contribution in [0.25, 0.3) is 0 Å². The van der Waals surface area contributed by atoms with Crippen LogP contribution >= 0.6 is 12.4 Å². The highest BCUT2D eigenvalue weighted by Crippen LogP contribution is 2.34. The van der Waals surface area contributed by atoms with Crippen LogP contribution in [-0.4, -0.2) is 58.1 Å². The molecule has 0 radical (unpaired) electrons. The normalized spacial score (nSPS) is 19.7. The average Bonchev–Trinajstić information content (AvgIpc) is 2.96. The van der Waals surface area contributed by atoms with Crippen molar-refractivity contribution in [3.05, 3.63) is 17.7 Å². The predicted octanol–water partition coefficient (Wildman–Crippen LogP) is 0.444. The van der Waals surface area contributed by atoms with Gasteiger partial charge in [-0.1, -0.05) is 0 Å². The zero-order chi connectivity index (χ0) is 16.1. The van der Waals surface area contributed by atoms with Crippen LogP contribution in [0, 0.1) is 5.92 Å². The van der Waals surface area contributed by atoms with Crippen molar-refractivity contribution in [2.24, 2.45) is 5.92 Å². The quantitative estimate of drug-likeness (QED) is 0.693. The molecule has 2 rings (SSSR count). The molecule has 1 aromatic rings. The minimum absolute atomic E-state index is 0. The van der Waals surface area contributed by atoms with Crippen LogP contribution in [-0.2, 0) is 0 Å². The summed E-state index contributed by atoms with van der Waals surface area (Å²) < 4.78 is 15.6. The van der Waals surface area contributed by atoms with E-state index >= 15 is 0 Å². The number of nitrogens with one attached hydrogen (secondary N) is 2. The molecule has 23 heavy (non-hydrogen) atoms.